The molecular formula is C10H14Cl2N2. The molecule has 2 nitrogen and oxygen atoms in total. The zero-order chi connectivity index (χ0) is 9.68. The first-order valence-electron chi connectivity index (χ1n) is 4.21. The molecule has 0 saturated heterocycles. The van der Waals surface area contributed by atoms with Crippen LogP contribution >= 0.6 is 24.0 Å². The first-order valence-corrected chi connectivity index (χ1v) is 4.59. The van der Waals surface area contributed by atoms with Crippen LogP contribution < -0.4 is 5.73 Å². The summed E-state index contributed by atoms with van der Waals surface area (Å²) in [5.41, 5.74) is 6.88. The molecule has 1 atom stereocenters. The van der Waals surface area contributed by atoms with Crippen LogP contribution in [0.2, 0.25) is 5.02 Å². The molecule has 0 aliphatic heterocycles. The number of rotatable bonds is 4. The Kier molecular flexibility index (Phi) is 6.54. The van der Waals surface area contributed by atoms with Crippen LogP contribution in [0.1, 0.15) is 24.4 Å². The fourth-order valence-electron chi connectivity index (χ4n) is 1.14. The highest BCUT2D eigenvalue weighted by molar-refractivity contribution is 6.31. The normalized spacial score (nSPS) is 11.6. The molecule has 1 aromatic heterocycles. The SMILES string of the molecule is C=CCC[C@@H](N)c1ccncc1Cl.Cl. The van der Waals surface area contributed by atoms with Crippen molar-refractivity contribution in [1.29, 1.82) is 0 Å². The van der Waals surface area contributed by atoms with E-state index in [1.807, 2.05) is 12.1 Å². The zero-order valence-corrected chi connectivity index (χ0v) is 9.39. The van der Waals surface area contributed by atoms with E-state index in [2.05, 4.69) is 11.6 Å². The number of allylic oxidation sites excluding steroid dienone is 1. The highest BCUT2D eigenvalue weighted by Crippen LogP contribution is 2.22. The van der Waals surface area contributed by atoms with Gasteiger partial charge in [0.2, 0.25) is 0 Å². The van der Waals surface area contributed by atoms with Gasteiger partial charge in [-0.2, -0.15) is 0 Å². The Hall–Kier alpha value is -0.570. The first-order chi connectivity index (χ1) is 6.25. The predicted octanol–water partition coefficient (Wildman–Crippen LogP) is 3.12. The largest absolute Gasteiger partial charge is 0.324 e. The maximum absolute atomic E-state index is 5.93. The minimum atomic E-state index is -0.0199. The van der Waals surface area contributed by atoms with Crippen molar-refractivity contribution in [3.05, 3.63) is 41.7 Å². The van der Waals surface area contributed by atoms with Gasteiger partial charge < -0.3 is 5.73 Å². The first kappa shape index (κ1) is 13.4. The van der Waals surface area contributed by atoms with Gasteiger partial charge in [0.25, 0.3) is 0 Å². The molecular weight excluding hydrogens is 219 g/mol. The van der Waals surface area contributed by atoms with Crippen molar-refractivity contribution in [2.24, 2.45) is 5.73 Å². The van der Waals surface area contributed by atoms with Gasteiger partial charge in [-0.05, 0) is 24.5 Å². The molecule has 4 heteroatoms. The summed E-state index contributed by atoms with van der Waals surface area (Å²) in [5.74, 6) is 0. The van der Waals surface area contributed by atoms with E-state index in [1.165, 1.54) is 0 Å². The maximum atomic E-state index is 5.93. The third kappa shape index (κ3) is 3.66. The predicted molar refractivity (Wildman–Crippen MR) is 62.9 cm³/mol. The second-order valence-corrected chi connectivity index (χ2v) is 3.28. The van der Waals surface area contributed by atoms with Crippen LogP contribution in [0.4, 0.5) is 0 Å². The molecule has 1 heterocycles. The maximum Gasteiger partial charge on any atom is 0.0637 e. The number of hydrogen-bond acceptors (Lipinski definition) is 2. The lowest BCUT2D eigenvalue weighted by Gasteiger charge is -2.11. The van der Waals surface area contributed by atoms with Crippen molar-refractivity contribution in [3.63, 3.8) is 0 Å². The molecule has 1 aromatic rings. The topological polar surface area (TPSA) is 38.9 Å². The molecule has 0 amide bonds. The standard InChI is InChI=1S/C10H13ClN2.ClH/c1-2-3-4-10(12)8-5-6-13-7-9(8)11;/h2,5-7,10H,1,3-4,12H2;1H/t10-;/m1./s1. The molecule has 0 aromatic carbocycles. The third-order valence-electron chi connectivity index (χ3n) is 1.89. The summed E-state index contributed by atoms with van der Waals surface area (Å²) in [4.78, 5) is 3.90. The number of nitrogens with zero attached hydrogens (tertiary/aromatic N) is 1. The Morgan fingerprint density at radius 1 is 1.64 bits per heavy atom. The Morgan fingerprint density at radius 3 is 2.93 bits per heavy atom. The Bertz CT molecular complexity index is 289. The van der Waals surface area contributed by atoms with Crippen LogP contribution in [0.15, 0.2) is 31.1 Å². The molecule has 0 aliphatic rings. The van der Waals surface area contributed by atoms with Crippen molar-refractivity contribution in [3.8, 4) is 0 Å². The number of nitrogens with two attached hydrogens (primary N) is 1. The van der Waals surface area contributed by atoms with E-state index in [0.717, 1.165) is 18.4 Å². The second kappa shape index (κ2) is 6.82. The zero-order valence-electron chi connectivity index (χ0n) is 7.82. The van der Waals surface area contributed by atoms with Crippen LogP contribution in [-0.4, -0.2) is 4.98 Å². The van der Waals surface area contributed by atoms with E-state index in [1.54, 1.807) is 12.4 Å². The van der Waals surface area contributed by atoms with E-state index >= 15 is 0 Å². The molecule has 0 bridgehead atoms. The second-order valence-electron chi connectivity index (χ2n) is 2.87. The lowest BCUT2D eigenvalue weighted by molar-refractivity contribution is 0.661. The average Bonchev–Trinajstić information content (AvgIpc) is 2.15. The summed E-state index contributed by atoms with van der Waals surface area (Å²) in [6, 6.07) is 1.84. The van der Waals surface area contributed by atoms with Crippen LogP contribution in [0, 0.1) is 0 Å². The smallest absolute Gasteiger partial charge is 0.0637 e. The quantitative estimate of drug-likeness (QED) is 0.811. The molecule has 0 fully saturated rings. The molecule has 0 saturated carbocycles. The minimum absolute atomic E-state index is 0. The van der Waals surface area contributed by atoms with E-state index in [-0.39, 0.29) is 18.4 Å². The average molecular weight is 233 g/mol. The summed E-state index contributed by atoms with van der Waals surface area (Å²) in [6.07, 6.45) is 6.95. The van der Waals surface area contributed by atoms with Crippen molar-refractivity contribution in [2.45, 2.75) is 18.9 Å². The Balaban J connectivity index is 0.00000169. The number of halogens is 2. The van der Waals surface area contributed by atoms with Crippen molar-refractivity contribution in [2.75, 3.05) is 0 Å². The van der Waals surface area contributed by atoms with Crippen molar-refractivity contribution >= 4 is 24.0 Å². The Morgan fingerprint density at radius 2 is 2.36 bits per heavy atom. The van der Waals surface area contributed by atoms with Crippen LogP contribution in [0.25, 0.3) is 0 Å². The molecule has 1 rings (SSSR count). The van der Waals surface area contributed by atoms with Crippen LogP contribution in [-0.2, 0) is 0 Å². The van der Waals surface area contributed by atoms with Gasteiger partial charge in [-0.15, -0.1) is 19.0 Å². The van der Waals surface area contributed by atoms with E-state index in [9.17, 15) is 0 Å². The van der Waals surface area contributed by atoms with Gasteiger partial charge in [-0.1, -0.05) is 17.7 Å². The van der Waals surface area contributed by atoms with E-state index in [4.69, 9.17) is 17.3 Å². The van der Waals surface area contributed by atoms with Crippen molar-refractivity contribution in [1.82, 2.24) is 4.98 Å². The number of pyridine rings is 1. The molecule has 0 spiro atoms. The summed E-state index contributed by atoms with van der Waals surface area (Å²) in [6.45, 7) is 3.65. The molecule has 14 heavy (non-hydrogen) atoms. The molecule has 0 aliphatic carbocycles. The third-order valence-corrected chi connectivity index (χ3v) is 2.20. The van der Waals surface area contributed by atoms with E-state index in [0.29, 0.717) is 5.02 Å². The highest BCUT2D eigenvalue weighted by Gasteiger charge is 2.08. The fourth-order valence-corrected chi connectivity index (χ4v) is 1.40. The van der Waals surface area contributed by atoms with Gasteiger partial charge in [-0.3, -0.25) is 4.98 Å². The summed E-state index contributed by atoms with van der Waals surface area (Å²) < 4.78 is 0. The fraction of sp³-hybridized carbons (Fsp3) is 0.300. The lowest BCUT2D eigenvalue weighted by Crippen LogP contribution is -2.10. The van der Waals surface area contributed by atoms with Gasteiger partial charge in [0.05, 0.1) is 5.02 Å². The monoisotopic (exact) mass is 232 g/mol. The van der Waals surface area contributed by atoms with Gasteiger partial charge in [0.1, 0.15) is 0 Å². The molecule has 2 N–H and O–H groups in total. The molecule has 0 unspecified atom stereocenters. The van der Waals surface area contributed by atoms with Gasteiger partial charge in [-0.25, -0.2) is 0 Å². The number of hydrogen-bond donors (Lipinski definition) is 1. The summed E-state index contributed by atoms with van der Waals surface area (Å²) >= 11 is 5.93. The van der Waals surface area contributed by atoms with Crippen LogP contribution in [0.3, 0.4) is 0 Å². The summed E-state index contributed by atoms with van der Waals surface area (Å²) in [7, 11) is 0. The van der Waals surface area contributed by atoms with Gasteiger partial charge in [0, 0.05) is 18.4 Å². The molecule has 78 valence electrons. The van der Waals surface area contributed by atoms with Crippen LogP contribution in [0.5, 0.6) is 0 Å². The Labute approximate surface area is 95.6 Å². The molecule has 0 radical (unpaired) electrons. The minimum Gasteiger partial charge on any atom is -0.324 e. The van der Waals surface area contributed by atoms with Gasteiger partial charge >= 0.3 is 0 Å². The van der Waals surface area contributed by atoms with Gasteiger partial charge in [0.15, 0.2) is 0 Å². The van der Waals surface area contributed by atoms with Crippen molar-refractivity contribution < 1.29 is 0 Å². The van der Waals surface area contributed by atoms with E-state index < -0.39 is 0 Å². The lowest BCUT2D eigenvalue weighted by atomic mass is 10.0. The number of aromatic nitrogens is 1. The highest BCUT2D eigenvalue weighted by atomic mass is 35.5. The summed E-state index contributed by atoms with van der Waals surface area (Å²) in [5, 5.41) is 0.638.